The van der Waals surface area contributed by atoms with Crippen LogP contribution in [0.2, 0.25) is 0 Å². The molecule has 0 aromatic carbocycles. The molecule has 2 aliphatic carbocycles. The predicted molar refractivity (Wildman–Crippen MR) is 91.1 cm³/mol. The first-order chi connectivity index (χ1) is 11.3. The van der Waals surface area contributed by atoms with Gasteiger partial charge in [0.25, 0.3) is 0 Å². The zero-order chi connectivity index (χ0) is 17.6. The third-order valence-electron chi connectivity index (χ3n) is 6.84. The number of ether oxygens (including phenoxy) is 2. The van der Waals surface area contributed by atoms with Crippen LogP contribution in [0.3, 0.4) is 0 Å². The van der Waals surface area contributed by atoms with Gasteiger partial charge in [0.1, 0.15) is 12.2 Å². The summed E-state index contributed by atoms with van der Waals surface area (Å²) in [7, 11) is 0. The molecule has 0 aromatic heterocycles. The third-order valence-corrected chi connectivity index (χ3v) is 6.84. The number of fused-ring (bicyclic) bond motifs is 2. The number of carbonyl (C=O) groups is 2. The lowest BCUT2D eigenvalue weighted by Crippen LogP contribution is -2.50. The van der Waals surface area contributed by atoms with Gasteiger partial charge in [-0.25, -0.2) is 9.59 Å². The van der Waals surface area contributed by atoms with Crippen molar-refractivity contribution >= 4 is 11.9 Å². The molecule has 24 heavy (non-hydrogen) atoms. The molecule has 2 unspecified atom stereocenters. The summed E-state index contributed by atoms with van der Waals surface area (Å²) in [5, 5.41) is 0. The first-order valence-electron chi connectivity index (χ1n) is 9.02. The monoisotopic (exact) mass is 332 g/mol. The molecule has 4 nitrogen and oxygen atoms in total. The standard InChI is InChI=1S/C20H28O4/c1-6-11(2)18(21)23-16-8-7-14-9-17-15(12(3)19(22)24-17)10-20(14,5)13(16)4/h6,13-14,16-17H,7-10H2,1-5H3/b11-6-/t13-,14+,16?,17?,20+/m0/s1. The van der Waals surface area contributed by atoms with Gasteiger partial charge in [-0.05, 0) is 69.3 Å². The Balaban J connectivity index is 1.81. The molecule has 0 saturated heterocycles. The smallest absolute Gasteiger partial charge is 0.334 e. The minimum atomic E-state index is -0.208. The van der Waals surface area contributed by atoms with Gasteiger partial charge in [0, 0.05) is 11.1 Å². The van der Waals surface area contributed by atoms with E-state index in [9.17, 15) is 9.59 Å². The van der Waals surface area contributed by atoms with Crippen molar-refractivity contribution in [3.63, 3.8) is 0 Å². The highest BCUT2D eigenvalue weighted by atomic mass is 16.6. The van der Waals surface area contributed by atoms with Crippen LogP contribution in [0, 0.1) is 17.3 Å². The fourth-order valence-corrected chi connectivity index (χ4v) is 4.71. The summed E-state index contributed by atoms with van der Waals surface area (Å²) in [6, 6.07) is 0. The number of allylic oxidation sites excluding steroid dienone is 1. The molecule has 0 spiro atoms. The molecular formula is C20H28O4. The van der Waals surface area contributed by atoms with E-state index in [1.165, 1.54) is 5.57 Å². The largest absolute Gasteiger partial charge is 0.459 e. The Morgan fingerprint density at radius 2 is 2.08 bits per heavy atom. The number of esters is 2. The molecule has 0 aromatic rings. The lowest BCUT2D eigenvalue weighted by molar-refractivity contribution is -0.160. The molecular weight excluding hydrogens is 304 g/mol. The van der Waals surface area contributed by atoms with Gasteiger partial charge in [0.05, 0.1) is 0 Å². The zero-order valence-corrected chi connectivity index (χ0v) is 15.3. The number of rotatable bonds is 2. The minimum absolute atomic E-state index is 0.0212. The van der Waals surface area contributed by atoms with Crippen molar-refractivity contribution in [2.75, 3.05) is 0 Å². The molecule has 0 amide bonds. The van der Waals surface area contributed by atoms with Crippen LogP contribution < -0.4 is 0 Å². The van der Waals surface area contributed by atoms with E-state index in [-0.39, 0.29) is 35.5 Å². The van der Waals surface area contributed by atoms with Crippen molar-refractivity contribution in [1.29, 1.82) is 0 Å². The summed E-state index contributed by atoms with van der Waals surface area (Å²) in [6.07, 6.45) is 5.42. The SMILES string of the molecule is C/C=C(/C)C(=O)OC1CC[C@@H]2CC3OC(=O)C(C)=C3C[C@]2(C)[C@H]1C. The third kappa shape index (κ3) is 2.60. The Morgan fingerprint density at radius 3 is 2.75 bits per heavy atom. The van der Waals surface area contributed by atoms with Gasteiger partial charge in [0.15, 0.2) is 0 Å². The molecule has 2 saturated carbocycles. The Labute approximate surface area is 144 Å². The number of carbonyl (C=O) groups excluding carboxylic acids is 2. The minimum Gasteiger partial charge on any atom is -0.459 e. The fourth-order valence-electron chi connectivity index (χ4n) is 4.71. The summed E-state index contributed by atoms with van der Waals surface area (Å²) >= 11 is 0. The van der Waals surface area contributed by atoms with Crippen molar-refractivity contribution in [3.8, 4) is 0 Å². The number of hydrogen-bond acceptors (Lipinski definition) is 4. The summed E-state index contributed by atoms with van der Waals surface area (Å²) in [5.74, 6) is 0.413. The van der Waals surface area contributed by atoms with Crippen LogP contribution in [0.15, 0.2) is 22.8 Å². The highest BCUT2D eigenvalue weighted by Crippen LogP contribution is 2.57. The van der Waals surface area contributed by atoms with Crippen molar-refractivity contribution in [2.24, 2.45) is 17.3 Å². The summed E-state index contributed by atoms with van der Waals surface area (Å²) in [6.45, 7) is 10.0. The molecule has 4 heteroatoms. The Kier molecular flexibility index (Phi) is 4.35. The lowest BCUT2D eigenvalue weighted by Gasteiger charge is -2.53. The van der Waals surface area contributed by atoms with Gasteiger partial charge in [-0.3, -0.25) is 0 Å². The Hall–Kier alpha value is -1.58. The highest BCUT2D eigenvalue weighted by Gasteiger charge is 2.53. The van der Waals surface area contributed by atoms with Crippen LogP contribution in [-0.2, 0) is 19.1 Å². The van der Waals surface area contributed by atoms with E-state index in [0.717, 1.165) is 31.3 Å². The average Bonchev–Trinajstić information content (AvgIpc) is 2.82. The molecule has 3 rings (SSSR count). The molecule has 3 aliphatic rings. The molecule has 0 N–H and O–H groups in total. The Morgan fingerprint density at radius 1 is 1.38 bits per heavy atom. The van der Waals surface area contributed by atoms with Gasteiger partial charge in [-0.1, -0.05) is 19.9 Å². The second kappa shape index (κ2) is 6.05. The van der Waals surface area contributed by atoms with Crippen LogP contribution in [-0.4, -0.2) is 24.1 Å². The molecule has 132 valence electrons. The van der Waals surface area contributed by atoms with Crippen LogP contribution >= 0.6 is 0 Å². The van der Waals surface area contributed by atoms with E-state index in [0.29, 0.717) is 11.5 Å². The van der Waals surface area contributed by atoms with Gasteiger partial charge in [-0.2, -0.15) is 0 Å². The quantitative estimate of drug-likeness (QED) is 0.567. The van der Waals surface area contributed by atoms with E-state index >= 15 is 0 Å². The maximum atomic E-state index is 12.2. The summed E-state index contributed by atoms with van der Waals surface area (Å²) in [4.78, 5) is 24.1. The molecule has 0 bridgehead atoms. The predicted octanol–water partition coefficient (Wildman–Crippen LogP) is 3.95. The fraction of sp³-hybridized carbons (Fsp3) is 0.700. The maximum Gasteiger partial charge on any atom is 0.334 e. The van der Waals surface area contributed by atoms with Crippen LogP contribution in [0.25, 0.3) is 0 Å². The second-order valence-corrected chi connectivity index (χ2v) is 7.94. The average molecular weight is 332 g/mol. The van der Waals surface area contributed by atoms with E-state index in [1.54, 1.807) is 13.0 Å². The van der Waals surface area contributed by atoms with E-state index < -0.39 is 0 Å². The van der Waals surface area contributed by atoms with E-state index in [1.807, 2.05) is 13.8 Å². The molecule has 5 atom stereocenters. The summed E-state index contributed by atoms with van der Waals surface area (Å²) < 4.78 is 11.3. The van der Waals surface area contributed by atoms with Crippen molar-refractivity contribution in [2.45, 2.75) is 72.5 Å². The zero-order valence-electron chi connectivity index (χ0n) is 15.3. The topological polar surface area (TPSA) is 52.6 Å². The van der Waals surface area contributed by atoms with E-state index in [2.05, 4.69) is 13.8 Å². The second-order valence-electron chi connectivity index (χ2n) is 7.94. The first-order valence-corrected chi connectivity index (χ1v) is 9.02. The number of hydrogen-bond donors (Lipinski definition) is 0. The summed E-state index contributed by atoms with van der Waals surface area (Å²) in [5.41, 5.74) is 2.66. The molecule has 2 fully saturated rings. The Bertz CT molecular complexity index is 630. The highest BCUT2D eigenvalue weighted by molar-refractivity contribution is 5.91. The van der Waals surface area contributed by atoms with Gasteiger partial charge >= 0.3 is 11.9 Å². The van der Waals surface area contributed by atoms with Gasteiger partial charge in [-0.15, -0.1) is 0 Å². The maximum absolute atomic E-state index is 12.2. The van der Waals surface area contributed by atoms with Crippen molar-refractivity contribution in [1.82, 2.24) is 0 Å². The van der Waals surface area contributed by atoms with Crippen LogP contribution in [0.5, 0.6) is 0 Å². The van der Waals surface area contributed by atoms with Crippen LogP contribution in [0.4, 0.5) is 0 Å². The normalized spacial score (nSPS) is 39.2. The van der Waals surface area contributed by atoms with E-state index in [4.69, 9.17) is 9.47 Å². The molecule has 1 heterocycles. The van der Waals surface area contributed by atoms with Crippen LogP contribution in [0.1, 0.15) is 60.3 Å². The van der Waals surface area contributed by atoms with Gasteiger partial charge < -0.3 is 9.47 Å². The van der Waals surface area contributed by atoms with Crippen molar-refractivity contribution < 1.29 is 19.1 Å². The first kappa shape index (κ1) is 17.2. The molecule has 0 radical (unpaired) electrons. The lowest BCUT2D eigenvalue weighted by atomic mass is 9.53. The van der Waals surface area contributed by atoms with Crippen molar-refractivity contribution in [3.05, 3.63) is 22.8 Å². The van der Waals surface area contributed by atoms with Gasteiger partial charge in [0.2, 0.25) is 0 Å². The molecule has 1 aliphatic heterocycles.